The molecule has 2 aromatic heterocycles. The predicted octanol–water partition coefficient (Wildman–Crippen LogP) is 2.65. The summed E-state index contributed by atoms with van der Waals surface area (Å²) in [4.78, 5) is 18.0. The van der Waals surface area contributed by atoms with Crippen LogP contribution in [0.4, 0.5) is 11.6 Å². The molecule has 6 nitrogen and oxygen atoms in total. The molecule has 26 heavy (non-hydrogen) atoms. The van der Waals surface area contributed by atoms with Gasteiger partial charge in [0, 0.05) is 43.6 Å². The summed E-state index contributed by atoms with van der Waals surface area (Å²) < 4.78 is 0. The number of fused-ring (bicyclic) bond motifs is 1. The molecular weight excluding hydrogens is 324 g/mol. The Hall–Kier alpha value is -2.68. The first-order chi connectivity index (χ1) is 12.7. The SMILES string of the molecule is Cc1cc(N(C)C2CCCN(c3nc4c(cc3C#N)CCC4)C2)ncn1. The average Bonchev–Trinajstić information content (AvgIpc) is 3.14. The van der Waals surface area contributed by atoms with E-state index in [0.717, 1.165) is 62.5 Å². The van der Waals surface area contributed by atoms with Crippen LogP contribution >= 0.6 is 0 Å². The van der Waals surface area contributed by atoms with Crippen LogP contribution in [0.3, 0.4) is 0 Å². The number of nitriles is 1. The first-order valence-electron chi connectivity index (χ1n) is 9.35. The number of piperidine rings is 1. The predicted molar refractivity (Wildman–Crippen MR) is 101 cm³/mol. The van der Waals surface area contributed by atoms with E-state index in [-0.39, 0.29) is 0 Å². The molecule has 0 spiro atoms. The van der Waals surface area contributed by atoms with Crippen molar-refractivity contribution in [1.29, 1.82) is 5.26 Å². The minimum absolute atomic E-state index is 0.347. The van der Waals surface area contributed by atoms with Gasteiger partial charge in [0.2, 0.25) is 0 Å². The highest BCUT2D eigenvalue weighted by Gasteiger charge is 2.27. The molecule has 4 rings (SSSR count). The van der Waals surface area contributed by atoms with E-state index in [1.165, 1.54) is 11.3 Å². The van der Waals surface area contributed by atoms with Gasteiger partial charge in [-0.1, -0.05) is 0 Å². The number of rotatable bonds is 3. The van der Waals surface area contributed by atoms with Gasteiger partial charge < -0.3 is 9.80 Å². The fourth-order valence-electron chi connectivity index (χ4n) is 4.07. The van der Waals surface area contributed by atoms with Crippen molar-refractivity contribution in [3.63, 3.8) is 0 Å². The highest BCUT2D eigenvalue weighted by atomic mass is 15.3. The number of pyridine rings is 1. The monoisotopic (exact) mass is 348 g/mol. The van der Waals surface area contributed by atoms with Crippen LogP contribution in [0, 0.1) is 18.3 Å². The van der Waals surface area contributed by atoms with E-state index in [1.807, 2.05) is 13.0 Å². The number of nitrogens with zero attached hydrogens (tertiary/aromatic N) is 6. The standard InChI is InChI=1S/C20H24N6/c1-14-9-19(23-13-22-14)25(2)17-6-4-8-26(12-17)20-16(11-21)10-15-5-3-7-18(15)24-20/h9-10,13,17H,3-8,12H2,1-2H3. The van der Waals surface area contributed by atoms with E-state index in [9.17, 15) is 5.26 Å². The van der Waals surface area contributed by atoms with Crippen molar-refractivity contribution in [2.75, 3.05) is 29.9 Å². The minimum atomic E-state index is 0.347. The molecule has 1 aliphatic heterocycles. The summed E-state index contributed by atoms with van der Waals surface area (Å²) in [7, 11) is 2.09. The second-order valence-electron chi connectivity index (χ2n) is 7.30. The fourth-order valence-corrected chi connectivity index (χ4v) is 4.07. The van der Waals surface area contributed by atoms with Crippen molar-refractivity contribution < 1.29 is 0 Å². The summed E-state index contributed by atoms with van der Waals surface area (Å²) in [6.45, 7) is 3.80. The maximum atomic E-state index is 9.62. The van der Waals surface area contributed by atoms with E-state index in [4.69, 9.17) is 4.98 Å². The van der Waals surface area contributed by atoms with Crippen molar-refractivity contribution >= 4 is 11.6 Å². The highest BCUT2D eigenvalue weighted by molar-refractivity contribution is 5.57. The number of hydrogen-bond donors (Lipinski definition) is 0. The quantitative estimate of drug-likeness (QED) is 0.849. The summed E-state index contributed by atoms with van der Waals surface area (Å²) in [5.41, 5.74) is 4.13. The van der Waals surface area contributed by atoms with Crippen molar-refractivity contribution in [1.82, 2.24) is 15.0 Å². The summed E-state index contributed by atoms with van der Waals surface area (Å²) in [6.07, 6.45) is 7.05. The Morgan fingerprint density at radius 2 is 2.12 bits per heavy atom. The van der Waals surface area contributed by atoms with E-state index in [1.54, 1.807) is 6.33 Å². The van der Waals surface area contributed by atoms with Crippen LogP contribution in [0.1, 0.15) is 41.8 Å². The lowest BCUT2D eigenvalue weighted by atomic mass is 10.0. The Labute approximate surface area is 154 Å². The molecule has 1 aliphatic carbocycles. The molecule has 2 aliphatic rings. The number of aryl methyl sites for hydroxylation is 3. The third kappa shape index (κ3) is 3.10. The van der Waals surface area contributed by atoms with Gasteiger partial charge in [-0.05, 0) is 50.7 Å². The molecule has 3 heterocycles. The van der Waals surface area contributed by atoms with Crippen molar-refractivity contribution in [3.8, 4) is 6.07 Å². The molecule has 0 N–H and O–H groups in total. The summed E-state index contributed by atoms with van der Waals surface area (Å²) in [5.74, 6) is 1.82. The van der Waals surface area contributed by atoms with Crippen LogP contribution in [-0.4, -0.2) is 41.1 Å². The van der Waals surface area contributed by atoms with Gasteiger partial charge in [0.05, 0.1) is 5.56 Å². The van der Waals surface area contributed by atoms with Crippen molar-refractivity contribution in [2.45, 2.75) is 45.1 Å². The zero-order valence-corrected chi connectivity index (χ0v) is 15.4. The Balaban J connectivity index is 1.58. The van der Waals surface area contributed by atoms with E-state index in [0.29, 0.717) is 11.6 Å². The normalized spacial score (nSPS) is 19.1. The topological polar surface area (TPSA) is 68.9 Å². The average molecular weight is 348 g/mol. The van der Waals surface area contributed by atoms with Gasteiger partial charge in [-0.3, -0.25) is 0 Å². The maximum Gasteiger partial charge on any atom is 0.146 e. The number of hydrogen-bond acceptors (Lipinski definition) is 6. The van der Waals surface area contributed by atoms with Gasteiger partial charge in [-0.25, -0.2) is 15.0 Å². The van der Waals surface area contributed by atoms with Crippen molar-refractivity contribution in [2.24, 2.45) is 0 Å². The maximum absolute atomic E-state index is 9.62. The van der Waals surface area contributed by atoms with Crippen LogP contribution in [0.5, 0.6) is 0 Å². The molecule has 1 fully saturated rings. The van der Waals surface area contributed by atoms with E-state index in [2.05, 4.69) is 39.0 Å². The number of likely N-dealkylation sites (N-methyl/N-ethyl adjacent to an activating group) is 1. The summed E-state index contributed by atoms with van der Waals surface area (Å²) in [6, 6.07) is 6.80. The zero-order valence-electron chi connectivity index (χ0n) is 15.4. The van der Waals surface area contributed by atoms with Crippen LogP contribution in [0.15, 0.2) is 18.5 Å². The lowest BCUT2D eigenvalue weighted by molar-refractivity contribution is 0.482. The molecule has 1 saturated heterocycles. The molecule has 0 amide bonds. The Kier molecular flexibility index (Phi) is 4.46. The van der Waals surface area contributed by atoms with Crippen LogP contribution < -0.4 is 9.80 Å². The largest absolute Gasteiger partial charge is 0.355 e. The Bertz CT molecular complexity index is 856. The van der Waals surface area contributed by atoms with Gasteiger partial charge in [0.25, 0.3) is 0 Å². The van der Waals surface area contributed by atoms with Gasteiger partial charge in [-0.2, -0.15) is 5.26 Å². The third-order valence-electron chi connectivity index (χ3n) is 5.55. The Morgan fingerprint density at radius 1 is 1.23 bits per heavy atom. The van der Waals surface area contributed by atoms with E-state index >= 15 is 0 Å². The fraction of sp³-hybridized carbons (Fsp3) is 0.500. The Morgan fingerprint density at radius 3 is 2.92 bits per heavy atom. The molecule has 0 aromatic carbocycles. The van der Waals surface area contributed by atoms with E-state index < -0.39 is 0 Å². The summed E-state index contributed by atoms with van der Waals surface area (Å²) in [5, 5.41) is 9.62. The molecule has 0 radical (unpaired) electrons. The van der Waals surface area contributed by atoms with Gasteiger partial charge in [-0.15, -0.1) is 0 Å². The second kappa shape index (κ2) is 6.91. The van der Waals surface area contributed by atoms with Gasteiger partial charge in [0.15, 0.2) is 0 Å². The molecule has 6 heteroatoms. The second-order valence-corrected chi connectivity index (χ2v) is 7.30. The smallest absolute Gasteiger partial charge is 0.146 e. The third-order valence-corrected chi connectivity index (χ3v) is 5.55. The van der Waals surface area contributed by atoms with Crippen LogP contribution in [-0.2, 0) is 12.8 Å². The molecule has 1 atom stereocenters. The molecule has 134 valence electrons. The number of anilines is 2. The van der Waals surface area contributed by atoms with Gasteiger partial charge in [0.1, 0.15) is 24.0 Å². The first-order valence-corrected chi connectivity index (χ1v) is 9.35. The molecular formula is C20H24N6. The zero-order chi connectivity index (χ0) is 18.1. The summed E-state index contributed by atoms with van der Waals surface area (Å²) >= 11 is 0. The van der Waals surface area contributed by atoms with Crippen LogP contribution in [0.25, 0.3) is 0 Å². The minimum Gasteiger partial charge on any atom is -0.355 e. The molecule has 1 unspecified atom stereocenters. The lowest BCUT2D eigenvalue weighted by Gasteiger charge is -2.39. The van der Waals surface area contributed by atoms with Gasteiger partial charge >= 0.3 is 0 Å². The molecule has 0 saturated carbocycles. The highest BCUT2D eigenvalue weighted by Crippen LogP contribution is 2.30. The van der Waals surface area contributed by atoms with Crippen molar-refractivity contribution in [3.05, 3.63) is 41.0 Å². The number of aromatic nitrogens is 3. The lowest BCUT2D eigenvalue weighted by Crippen LogP contribution is -2.47. The molecule has 2 aromatic rings. The van der Waals surface area contributed by atoms with Crippen LogP contribution in [0.2, 0.25) is 0 Å². The first kappa shape index (κ1) is 16.8. The molecule has 0 bridgehead atoms.